The van der Waals surface area contributed by atoms with E-state index in [1.807, 2.05) is 54.6 Å². The number of carbonyl (C=O) groups excluding carboxylic acids is 1. The van der Waals surface area contributed by atoms with Gasteiger partial charge in [-0.15, -0.1) is 0 Å². The number of hydrogen-bond donors (Lipinski definition) is 1. The van der Waals surface area contributed by atoms with Gasteiger partial charge in [-0.3, -0.25) is 0 Å². The van der Waals surface area contributed by atoms with Crippen LogP contribution >= 0.6 is 0 Å². The fourth-order valence-corrected chi connectivity index (χ4v) is 2.73. The van der Waals surface area contributed by atoms with Gasteiger partial charge in [0.05, 0.1) is 18.2 Å². The fraction of sp³-hybridized carbons (Fsp3) is 0.0833. The monoisotopic (exact) mass is 388 g/mol. The maximum Gasteiger partial charge on any atom is 0.337 e. The van der Waals surface area contributed by atoms with Gasteiger partial charge in [0.25, 0.3) is 0 Å². The number of esters is 1. The van der Waals surface area contributed by atoms with E-state index in [4.69, 9.17) is 4.74 Å². The fourth-order valence-electron chi connectivity index (χ4n) is 2.73. The molecule has 0 aromatic heterocycles. The van der Waals surface area contributed by atoms with Gasteiger partial charge in [-0.1, -0.05) is 54.6 Å². The lowest BCUT2D eigenvalue weighted by Crippen LogP contribution is -2.10. The van der Waals surface area contributed by atoms with E-state index >= 15 is 0 Å². The van der Waals surface area contributed by atoms with Crippen molar-refractivity contribution in [3.63, 3.8) is 0 Å². The van der Waals surface area contributed by atoms with Crippen molar-refractivity contribution < 1.29 is 24.2 Å². The average Bonchev–Trinajstić information content (AvgIpc) is 2.77. The van der Waals surface area contributed by atoms with Crippen molar-refractivity contribution >= 4 is 18.0 Å². The van der Waals surface area contributed by atoms with Gasteiger partial charge in [0, 0.05) is 0 Å². The maximum absolute atomic E-state index is 11.6. The molecular weight excluding hydrogens is 368 g/mol. The molecule has 0 unspecified atom stereocenters. The van der Waals surface area contributed by atoms with E-state index < -0.39 is 11.9 Å². The molecule has 5 nitrogen and oxygen atoms in total. The first kappa shape index (κ1) is 19.9. The Bertz CT molecular complexity index is 1000. The molecule has 0 aliphatic carbocycles. The molecule has 146 valence electrons. The van der Waals surface area contributed by atoms with E-state index in [0.717, 1.165) is 11.1 Å². The highest BCUT2D eigenvalue weighted by atomic mass is 16.5. The molecule has 1 N–H and O–H groups in total. The minimum absolute atomic E-state index is 0.0846. The summed E-state index contributed by atoms with van der Waals surface area (Å²) in [7, 11) is 1.31. The number of carbonyl (C=O) groups is 2. The van der Waals surface area contributed by atoms with Crippen molar-refractivity contribution in [2.24, 2.45) is 0 Å². The minimum Gasteiger partial charge on any atom is -0.489 e. The summed E-state index contributed by atoms with van der Waals surface area (Å²) in [5.74, 6) is -0.929. The molecule has 29 heavy (non-hydrogen) atoms. The molecule has 5 heteroatoms. The Morgan fingerprint density at radius 2 is 1.48 bits per heavy atom. The van der Waals surface area contributed by atoms with E-state index in [9.17, 15) is 14.7 Å². The number of ether oxygens (including phenoxy) is 2. The van der Waals surface area contributed by atoms with Crippen LogP contribution in [0.3, 0.4) is 0 Å². The summed E-state index contributed by atoms with van der Waals surface area (Å²) in [5.41, 5.74) is 3.30. The lowest BCUT2D eigenvalue weighted by Gasteiger charge is -2.08. The summed E-state index contributed by atoms with van der Waals surface area (Å²) < 4.78 is 10.3. The van der Waals surface area contributed by atoms with Crippen molar-refractivity contribution in [3.8, 4) is 16.9 Å². The standard InChI is InChI=1S/C24H20O5/c1-28-24(27)20-9-7-17(8-10-20)15-21(23(25)26)16-29-22-13-11-19(12-14-22)18-5-3-2-4-6-18/h2-15H,16H2,1H3,(H,25,26)/b21-15+. The Labute approximate surface area is 168 Å². The van der Waals surface area contributed by atoms with Gasteiger partial charge >= 0.3 is 11.9 Å². The van der Waals surface area contributed by atoms with Crippen LogP contribution in [0, 0.1) is 0 Å². The topological polar surface area (TPSA) is 72.8 Å². The van der Waals surface area contributed by atoms with Crippen molar-refractivity contribution in [1.29, 1.82) is 0 Å². The van der Waals surface area contributed by atoms with Crippen molar-refractivity contribution in [1.82, 2.24) is 0 Å². The molecule has 0 heterocycles. The summed E-state index contributed by atoms with van der Waals surface area (Å²) in [6.45, 7) is -0.0846. The molecule has 0 aliphatic heterocycles. The molecule has 3 aromatic rings. The third kappa shape index (κ3) is 5.32. The van der Waals surface area contributed by atoms with Crippen LogP contribution in [0.2, 0.25) is 0 Å². The lowest BCUT2D eigenvalue weighted by molar-refractivity contribution is -0.132. The van der Waals surface area contributed by atoms with Crippen molar-refractivity contribution in [3.05, 3.63) is 95.6 Å². The summed E-state index contributed by atoms with van der Waals surface area (Å²) in [4.78, 5) is 23.0. The van der Waals surface area contributed by atoms with Gasteiger partial charge in [0.15, 0.2) is 0 Å². The second-order valence-corrected chi connectivity index (χ2v) is 6.27. The van der Waals surface area contributed by atoms with Crippen LogP contribution in [-0.2, 0) is 9.53 Å². The van der Waals surface area contributed by atoms with Gasteiger partial charge in [0.2, 0.25) is 0 Å². The quantitative estimate of drug-likeness (QED) is 0.470. The molecule has 0 fully saturated rings. The van der Waals surface area contributed by atoms with E-state index in [-0.39, 0.29) is 12.2 Å². The first-order valence-corrected chi connectivity index (χ1v) is 8.97. The first-order chi connectivity index (χ1) is 14.1. The molecule has 0 aliphatic rings. The maximum atomic E-state index is 11.6. The summed E-state index contributed by atoms with van der Waals surface area (Å²) in [5, 5.41) is 9.46. The molecular formula is C24H20O5. The molecule has 3 rings (SSSR count). The summed E-state index contributed by atoms with van der Waals surface area (Å²) in [6, 6.07) is 23.9. The highest BCUT2D eigenvalue weighted by Crippen LogP contribution is 2.22. The Balaban J connectivity index is 1.68. The summed E-state index contributed by atoms with van der Waals surface area (Å²) >= 11 is 0. The molecule has 0 saturated heterocycles. The highest BCUT2D eigenvalue weighted by Gasteiger charge is 2.10. The Morgan fingerprint density at radius 3 is 2.07 bits per heavy atom. The predicted molar refractivity (Wildman–Crippen MR) is 111 cm³/mol. The smallest absolute Gasteiger partial charge is 0.337 e. The molecule has 3 aromatic carbocycles. The second kappa shape index (κ2) is 9.37. The number of aliphatic carboxylic acids is 1. The molecule has 0 amide bonds. The van der Waals surface area contributed by atoms with Gasteiger partial charge in [0.1, 0.15) is 12.4 Å². The second-order valence-electron chi connectivity index (χ2n) is 6.27. The minimum atomic E-state index is -1.07. The molecule has 0 bridgehead atoms. The van der Waals surface area contributed by atoms with Crippen molar-refractivity contribution in [2.45, 2.75) is 0 Å². The Kier molecular flexibility index (Phi) is 6.43. The Hall–Kier alpha value is -3.86. The number of carboxylic acids is 1. The van der Waals surface area contributed by atoms with Crippen molar-refractivity contribution in [2.75, 3.05) is 13.7 Å². The lowest BCUT2D eigenvalue weighted by atomic mass is 10.1. The SMILES string of the molecule is COC(=O)c1ccc(/C=C(\COc2ccc(-c3ccccc3)cc2)C(=O)O)cc1. The van der Waals surface area contributed by atoms with Crippen LogP contribution in [0.25, 0.3) is 17.2 Å². The zero-order valence-electron chi connectivity index (χ0n) is 15.9. The highest BCUT2D eigenvalue weighted by molar-refractivity contribution is 5.93. The average molecular weight is 388 g/mol. The number of carboxylic acid groups (broad SMARTS) is 1. The van der Waals surface area contributed by atoms with Crippen LogP contribution in [0.5, 0.6) is 5.75 Å². The largest absolute Gasteiger partial charge is 0.489 e. The number of hydrogen-bond acceptors (Lipinski definition) is 4. The van der Waals surface area contributed by atoms with E-state index in [1.165, 1.54) is 13.2 Å². The number of rotatable bonds is 7. The first-order valence-electron chi connectivity index (χ1n) is 8.97. The molecule has 0 spiro atoms. The van der Waals surface area contributed by atoms with Gasteiger partial charge in [-0.2, -0.15) is 0 Å². The van der Waals surface area contributed by atoms with Gasteiger partial charge < -0.3 is 14.6 Å². The van der Waals surface area contributed by atoms with E-state index in [2.05, 4.69) is 4.74 Å². The predicted octanol–water partition coefficient (Wildman–Crippen LogP) is 4.69. The number of methoxy groups -OCH3 is 1. The third-order valence-corrected chi connectivity index (χ3v) is 4.30. The summed E-state index contributed by atoms with van der Waals surface area (Å²) in [6.07, 6.45) is 1.52. The van der Waals surface area contributed by atoms with Gasteiger partial charge in [-0.25, -0.2) is 9.59 Å². The third-order valence-electron chi connectivity index (χ3n) is 4.30. The zero-order chi connectivity index (χ0) is 20.6. The van der Waals surface area contributed by atoms with Crippen LogP contribution in [0.1, 0.15) is 15.9 Å². The zero-order valence-corrected chi connectivity index (χ0v) is 15.9. The normalized spacial score (nSPS) is 11.0. The van der Waals surface area contributed by atoms with Crippen LogP contribution in [0.4, 0.5) is 0 Å². The van der Waals surface area contributed by atoms with Gasteiger partial charge in [-0.05, 0) is 47.0 Å². The van der Waals surface area contributed by atoms with E-state index in [1.54, 1.807) is 24.3 Å². The molecule has 0 radical (unpaired) electrons. The van der Waals surface area contributed by atoms with Crippen LogP contribution in [0.15, 0.2) is 84.4 Å². The Morgan fingerprint density at radius 1 is 0.862 bits per heavy atom. The van der Waals surface area contributed by atoms with Crippen LogP contribution < -0.4 is 4.74 Å². The van der Waals surface area contributed by atoms with Crippen LogP contribution in [-0.4, -0.2) is 30.8 Å². The molecule has 0 atom stereocenters. The van der Waals surface area contributed by atoms with E-state index in [0.29, 0.717) is 16.9 Å². The molecule has 0 saturated carbocycles. The number of benzene rings is 3.